The van der Waals surface area contributed by atoms with E-state index < -0.39 is 0 Å². The number of allylic oxidation sites excluding steroid dienone is 2. The van der Waals surface area contributed by atoms with Gasteiger partial charge < -0.3 is 15.7 Å². The lowest BCUT2D eigenvalue weighted by Crippen LogP contribution is -2.34. The summed E-state index contributed by atoms with van der Waals surface area (Å²) in [6.45, 7) is 2.25. The van der Waals surface area contributed by atoms with E-state index in [1.807, 2.05) is 41.2 Å². The first-order valence-electron chi connectivity index (χ1n) is 13.4. The van der Waals surface area contributed by atoms with E-state index >= 15 is 0 Å². The fourth-order valence-electron chi connectivity index (χ4n) is 6.28. The van der Waals surface area contributed by atoms with Gasteiger partial charge in [-0.05, 0) is 67.1 Å². The summed E-state index contributed by atoms with van der Waals surface area (Å²) in [5, 5.41) is 20.7. The van der Waals surface area contributed by atoms with Gasteiger partial charge in [0.15, 0.2) is 0 Å². The van der Waals surface area contributed by atoms with Crippen molar-refractivity contribution in [3.8, 4) is 11.4 Å². The molecule has 0 fully saturated rings. The first-order valence-corrected chi connectivity index (χ1v) is 13.4. The summed E-state index contributed by atoms with van der Waals surface area (Å²) in [4.78, 5) is 13.0. The van der Waals surface area contributed by atoms with Gasteiger partial charge in [-0.3, -0.25) is 0 Å². The molecule has 6 rings (SSSR count). The van der Waals surface area contributed by atoms with Crippen LogP contribution in [0.5, 0.6) is 5.75 Å². The van der Waals surface area contributed by atoms with Gasteiger partial charge in [-0.25, -0.2) is 13.9 Å². The van der Waals surface area contributed by atoms with E-state index in [0.29, 0.717) is 11.6 Å². The van der Waals surface area contributed by atoms with Crippen molar-refractivity contribution in [2.45, 2.75) is 44.6 Å². The predicted molar refractivity (Wildman–Crippen MR) is 149 cm³/mol. The van der Waals surface area contributed by atoms with Crippen molar-refractivity contribution < 1.29 is 14.3 Å². The number of anilines is 1. The van der Waals surface area contributed by atoms with Crippen molar-refractivity contribution in [2.24, 2.45) is 5.92 Å². The van der Waals surface area contributed by atoms with E-state index in [-0.39, 0.29) is 29.6 Å². The number of carbonyl (C=O) groups excluding carboxylic acids is 1. The van der Waals surface area contributed by atoms with Crippen molar-refractivity contribution in [3.05, 3.63) is 119 Å². The fraction of sp³-hybridized carbons (Fsp3) is 0.250. The number of carbonyl (C=O) groups is 1. The van der Waals surface area contributed by atoms with Crippen molar-refractivity contribution in [1.29, 1.82) is 0 Å². The zero-order chi connectivity index (χ0) is 26.9. The second-order valence-corrected chi connectivity index (χ2v) is 10.4. The first-order chi connectivity index (χ1) is 19.0. The Morgan fingerprint density at radius 2 is 1.82 bits per heavy atom. The topological polar surface area (TPSA) is 79.2 Å². The molecule has 1 aromatic heterocycles. The number of amides is 2. The largest absolute Gasteiger partial charge is 0.506 e. The number of phenols is 1. The molecular weight excluding hydrogens is 491 g/mol. The van der Waals surface area contributed by atoms with Gasteiger partial charge in [-0.1, -0.05) is 60.5 Å². The molecule has 198 valence electrons. The molecule has 7 heteroatoms. The average Bonchev–Trinajstić information content (AvgIpc) is 3.55. The SMILES string of the molecule is C[C@@H]1C2=C(CC[C@@H]2CC(NC(=O)Nc2ccccc2O)c2ccccc2)Cc2c1cnn2-c1ccc(F)cc1. The summed E-state index contributed by atoms with van der Waals surface area (Å²) in [5.74, 6) is 0.319. The van der Waals surface area contributed by atoms with Gasteiger partial charge in [0, 0.05) is 17.9 Å². The van der Waals surface area contributed by atoms with E-state index in [1.54, 1.807) is 36.4 Å². The molecule has 0 saturated heterocycles. The Balaban J connectivity index is 1.24. The highest BCUT2D eigenvalue weighted by Crippen LogP contribution is 2.49. The van der Waals surface area contributed by atoms with Gasteiger partial charge in [0.05, 0.1) is 29.3 Å². The summed E-state index contributed by atoms with van der Waals surface area (Å²) < 4.78 is 15.4. The monoisotopic (exact) mass is 522 g/mol. The Bertz CT molecular complexity index is 1530. The highest BCUT2D eigenvalue weighted by molar-refractivity contribution is 5.91. The number of nitrogens with one attached hydrogen (secondary N) is 2. The van der Waals surface area contributed by atoms with Crippen molar-refractivity contribution in [2.75, 3.05) is 5.32 Å². The highest BCUT2D eigenvalue weighted by atomic mass is 19.1. The van der Waals surface area contributed by atoms with Crippen LogP contribution < -0.4 is 10.6 Å². The molecule has 3 N–H and O–H groups in total. The van der Waals surface area contributed by atoms with Crippen molar-refractivity contribution >= 4 is 11.7 Å². The summed E-state index contributed by atoms with van der Waals surface area (Å²) in [7, 11) is 0. The number of hydrogen-bond acceptors (Lipinski definition) is 3. The molecule has 1 heterocycles. The number of aromatic hydroxyl groups is 1. The van der Waals surface area contributed by atoms with Crippen LogP contribution in [-0.4, -0.2) is 20.9 Å². The molecule has 2 aliphatic carbocycles. The lowest BCUT2D eigenvalue weighted by Gasteiger charge is -2.30. The molecule has 1 unspecified atom stereocenters. The Labute approximate surface area is 227 Å². The third-order valence-corrected chi connectivity index (χ3v) is 8.11. The lowest BCUT2D eigenvalue weighted by molar-refractivity contribution is 0.246. The number of urea groups is 1. The summed E-state index contributed by atoms with van der Waals surface area (Å²) in [6.07, 6.45) is 5.62. The van der Waals surface area contributed by atoms with Crippen LogP contribution in [0.3, 0.4) is 0 Å². The quantitative estimate of drug-likeness (QED) is 0.188. The molecule has 2 aliphatic rings. The van der Waals surface area contributed by atoms with E-state index in [0.717, 1.165) is 36.9 Å². The Kier molecular flexibility index (Phi) is 6.65. The van der Waals surface area contributed by atoms with Crippen molar-refractivity contribution in [3.63, 3.8) is 0 Å². The fourth-order valence-corrected chi connectivity index (χ4v) is 6.28. The maximum Gasteiger partial charge on any atom is 0.319 e. The molecule has 2 amide bonds. The van der Waals surface area contributed by atoms with Crippen LogP contribution in [0.25, 0.3) is 5.69 Å². The van der Waals surface area contributed by atoms with E-state index in [1.165, 1.54) is 34.5 Å². The molecule has 3 atom stereocenters. The van der Waals surface area contributed by atoms with Crippen LogP contribution in [0.2, 0.25) is 0 Å². The molecule has 0 spiro atoms. The number of halogens is 1. The number of aromatic nitrogens is 2. The Morgan fingerprint density at radius 1 is 1.08 bits per heavy atom. The number of para-hydroxylation sites is 2. The third-order valence-electron chi connectivity index (χ3n) is 8.11. The zero-order valence-electron chi connectivity index (χ0n) is 21.8. The molecule has 4 aromatic rings. The smallest absolute Gasteiger partial charge is 0.319 e. The number of phenolic OH excluding ortho intramolecular Hbond substituents is 1. The van der Waals surface area contributed by atoms with Gasteiger partial charge in [0.2, 0.25) is 0 Å². The molecule has 0 bridgehead atoms. The first kappa shape index (κ1) is 24.9. The molecule has 0 aliphatic heterocycles. The van der Waals surface area contributed by atoms with Crippen LogP contribution in [0.1, 0.15) is 55.0 Å². The molecule has 39 heavy (non-hydrogen) atoms. The normalized spacial score (nSPS) is 18.8. The van der Waals surface area contributed by atoms with Crippen LogP contribution >= 0.6 is 0 Å². The van der Waals surface area contributed by atoms with E-state index in [9.17, 15) is 14.3 Å². The minimum absolute atomic E-state index is 0.0301. The van der Waals surface area contributed by atoms with Crippen LogP contribution in [0.15, 0.2) is 96.2 Å². The molecule has 0 saturated carbocycles. The zero-order valence-corrected chi connectivity index (χ0v) is 21.8. The minimum atomic E-state index is -0.350. The van der Waals surface area contributed by atoms with Gasteiger partial charge in [0.25, 0.3) is 0 Å². The Morgan fingerprint density at radius 3 is 2.59 bits per heavy atom. The van der Waals surface area contributed by atoms with Crippen LogP contribution in [0.4, 0.5) is 14.9 Å². The summed E-state index contributed by atoms with van der Waals surface area (Å²) in [6, 6.07) is 22.7. The van der Waals surface area contributed by atoms with Gasteiger partial charge >= 0.3 is 6.03 Å². The molecule has 6 nitrogen and oxygen atoms in total. The number of rotatable bonds is 6. The predicted octanol–water partition coefficient (Wildman–Crippen LogP) is 7.04. The highest BCUT2D eigenvalue weighted by Gasteiger charge is 2.37. The number of nitrogens with zero attached hydrogens (tertiary/aromatic N) is 2. The lowest BCUT2D eigenvalue weighted by atomic mass is 9.78. The Hall–Kier alpha value is -4.39. The maximum absolute atomic E-state index is 13.5. The number of fused-ring (bicyclic) bond motifs is 1. The van der Waals surface area contributed by atoms with Crippen LogP contribution in [0, 0.1) is 11.7 Å². The summed E-state index contributed by atoms with van der Waals surface area (Å²) >= 11 is 0. The average molecular weight is 523 g/mol. The van der Waals surface area contributed by atoms with E-state index in [2.05, 4.69) is 22.7 Å². The second-order valence-electron chi connectivity index (χ2n) is 10.4. The van der Waals surface area contributed by atoms with Gasteiger partial charge in [0.1, 0.15) is 11.6 Å². The number of hydrogen-bond donors (Lipinski definition) is 3. The standard InChI is InChI=1S/C32H31FN4O2/c1-20-26-19-34-37(25-15-13-24(33)14-16-25)29(26)18-23-12-11-22(31(20)23)17-28(21-7-3-2-4-8-21)36-32(39)35-27-9-5-6-10-30(27)38/h2-10,13-16,19-20,22,28,38H,11-12,17-18H2,1H3,(H2,35,36,39)/t20-,22+,28?/m0/s1. The molecule has 3 aromatic carbocycles. The maximum atomic E-state index is 13.5. The molecule has 0 radical (unpaired) electrons. The minimum Gasteiger partial charge on any atom is -0.506 e. The van der Waals surface area contributed by atoms with Gasteiger partial charge in [-0.15, -0.1) is 0 Å². The second kappa shape index (κ2) is 10.4. The third kappa shape index (κ3) is 4.92. The van der Waals surface area contributed by atoms with E-state index in [4.69, 9.17) is 0 Å². The number of benzene rings is 3. The van der Waals surface area contributed by atoms with Gasteiger partial charge in [-0.2, -0.15) is 5.10 Å². The van der Waals surface area contributed by atoms with Crippen molar-refractivity contribution in [1.82, 2.24) is 15.1 Å². The summed E-state index contributed by atoms with van der Waals surface area (Å²) in [5.41, 5.74) is 7.60. The van der Waals surface area contributed by atoms with Crippen LogP contribution in [-0.2, 0) is 6.42 Å². The molecular formula is C32H31FN4O2.